The second kappa shape index (κ2) is 10.5. The van der Waals surface area contributed by atoms with Crippen molar-refractivity contribution in [2.75, 3.05) is 11.9 Å². The number of rotatable bonds is 8. The molecule has 0 fully saturated rings. The van der Waals surface area contributed by atoms with E-state index in [1.807, 2.05) is 31.2 Å². The van der Waals surface area contributed by atoms with Crippen molar-refractivity contribution in [3.05, 3.63) is 59.9 Å². The van der Waals surface area contributed by atoms with Gasteiger partial charge in [0.25, 0.3) is 5.91 Å². The average molecular weight is 481 g/mol. The van der Waals surface area contributed by atoms with Crippen LogP contribution < -0.4 is 15.4 Å². The van der Waals surface area contributed by atoms with Crippen LogP contribution in [0.25, 0.3) is 15.5 Å². The maximum Gasteiger partial charge on any atom is 0.257 e. The minimum absolute atomic E-state index is 0.224. The SMILES string of the molecule is CCCCOc1ccc(C(=O)NC(=S)Nc2ccc(-c3nn4c(CC)nnc4s3)cc2)cc1. The summed E-state index contributed by atoms with van der Waals surface area (Å²) in [6.45, 7) is 4.80. The Balaban J connectivity index is 1.33. The van der Waals surface area contributed by atoms with Crippen LogP contribution in [-0.4, -0.2) is 37.4 Å². The van der Waals surface area contributed by atoms with Gasteiger partial charge in [-0.25, -0.2) is 0 Å². The number of ether oxygens (including phenoxy) is 1. The summed E-state index contributed by atoms with van der Waals surface area (Å²) in [6.07, 6.45) is 2.84. The molecule has 0 saturated carbocycles. The fraction of sp³-hybridized carbons (Fsp3) is 0.261. The first kappa shape index (κ1) is 22.8. The number of anilines is 1. The van der Waals surface area contributed by atoms with Gasteiger partial charge < -0.3 is 10.1 Å². The highest BCUT2D eigenvalue weighted by molar-refractivity contribution is 7.80. The molecule has 0 bridgehead atoms. The lowest BCUT2D eigenvalue weighted by Crippen LogP contribution is -2.34. The minimum atomic E-state index is -0.282. The van der Waals surface area contributed by atoms with Gasteiger partial charge in [-0.1, -0.05) is 31.6 Å². The fourth-order valence-corrected chi connectivity index (χ4v) is 4.14. The predicted octanol–water partition coefficient (Wildman–Crippen LogP) is 4.72. The number of aromatic nitrogens is 4. The van der Waals surface area contributed by atoms with Crippen molar-refractivity contribution in [2.24, 2.45) is 0 Å². The highest BCUT2D eigenvalue weighted by Crippen LogP contribution is 2.26. The number of carbonyl (C=O) groups excluding carboxylic acids is 1. The highest BCUT2D eigenvalue weighted by atomic mass is 32.1. The van der Waals surface area contributed by atoms with Crippen molar-refractivity contribution in [1.29, 1.82) is 0 Å². The van der Waals surface area contributed by atoms with Gasteiger partial charge in [0.15, 0.2) is 10.9 Å². The van der Waals surface area contributed by atoms with Gasteiger partial charge in [-0.15, -0.1) is 10.2 Å². The van der Waals surface area contributed by atoms with Gasteiger partial charge in [-0.2, -0.15) is 9.61 Å². The first-order valence-corrected chi connectivity index (χ1v) is 12.0. The van der Waals surface area contributed by atoms with Crippen molar-refractivity contribution in [3.63, 3.8) is 0 Å². The molecule has 0 aliphatic carbocycles. The van der Waals surface area contributed by atoms with E-state index in [9.17, 15) is 4.79 Å². The summed E-state index contributed by atoms with van der Waals surface area (Å²) in [7, 11) is 0. The van der Waals surface area contributed by atoms with E-state index in [4.69, 9.17) is 17.0 Å². The number of hydrogen-bond acceptors (Lipinski definition) is 7. The third-order valence-electron chi connectivity index (χ3n) is 4.87. The Bertz CT molecular complexity index is 1250. The lowest BCUT2D eigenvalue weighted by Gasteiger charge is -2.10. The molecule has 0 saturated heterocycles. The highest BCUT2D eigenvalue weighted by Gasteiger charge is 2.12. The third-order valence-corrected chi connectivity index (χ3v) is 6.02. The van der Waals surface area contributed by atoms with Gasteiger partial charge in [0.2, 0.25) is 4.96 Å². The molecule has 0 radical (unpaired) electrons. The maximum atomic E-state index is 12.5. The Hall–Kier alpha value is -3.37. The van der Waals surface area contributed by atoms with Crippen LogP contribution in [0.4, 0.5) is 5.69 Å². The van der Waals surface area contributed by atoms with Crippen LogP contribution in [0.1, 0.15) is 42.9 Å². The summed E-state index contributed by atoms with van der Waals surface area (Å²) < 4.78 is 7.40. The molecule has 4 rings (SSSR count). The zero-order chi connectivity index (χ0) is 23.2. The number of benzene rings is 2. The standard InChI is InChI=1S/C23H24N6O2S2/c1-3-5-14-31-18-12-8-15(9-13-18)20(30)25-22(32)24-17-10-6-16(7-11-17)21-28-29-19(4-2)26-27-23(29)33-21/h6-13H,3-5,14H2,1-2H3,(H2,24,25,30,32). The molecule has 33 heavy (non-hydrogen) atoms. The second-order valence-corrected chi connectivity index (χ2v) is 8.65. The number of nitrogens with one attached hydrogen (secondary N) is 2. The molecular formula is C23H24N6O2S2. The molecule has 4 aromatic rings. The second-order valence-electron chi connectivity index (χ2n) is 7.28. The Morgan fingerprint density at radius 1 is 1.09 bits per heavy atom. The van der Waals surface area contributed by atoms with Crippen molar-refractivity contribution < 1.29 is 9.53 Å². The topological polar surface area (TPSA) is 93.4 Å². The first-order chi connectivity index (χ1) is 16.1. The summed E-state index contributed by atoms with van der Waals surface area (Å²) in [5.41, 5.74) is 2.24. The molecule has 0 atom stereocenters. The third kappa shape index (κ3) is 5.52. The maximum absolute atomic E-state index is 12.5. The van der Waals surface area contributed by atoms with E-state index in [-0.39, 0.29) is 11.0 Å². The van der Waals surface area contributed by atoms with E-state index in [0.29, 0.717) is 12.2 Å². The summed E-state index contributed by atoms with van der Waals surface area (Å²) >= 11 is 6.78. The van der Waals surface area contributed by atoms with E-state index < -0.39 is 0 Å². The zero-order valence-electron chi connectivity index (χ0n) is 18.4. The molecule has 8 nitrogen and oxygen atoms in total. The molecule has 2 aromatic carbocycles. The van der Waals surface area contributed by atoms with Crippen LogP contribution >= 0.6 is 23.6 Å². The molecule has 2 N–H and O–H groups in total. The van der Waals surface area contributed by atoms with E-state index in [2.05, 4.69) is 32.9 Å². The molecule has 2 heterocycles. The summed E-state index contributed by atoms with van der Waals surface area (Å²) in [6, 6.07) is 14.7. The normalized spacial score (nSPS) is 10.8. The average Bonchev–Trinajstić information content (AvgIpc) is 3.41. The number of nitrogens with zero attached hydrogens (tertiary/aromatic N) is 4. The number of fused-ring (bicyclic) bond motifs is 1. The van der Waals surface area contributed by atoms with E-state index in [1.165, 1.54) is 11.3 Å². The Kier molecular flexibility index (Phi) is 7.26. The number of hydrogen-bond donors (Lipinski definition) is 2. The zero-order valence-corrected chi connectivity index (χ0v) is 20.0. The van der Waals surface area contributed by atoms with Crippen molar-refractivity contribution in [3.8, 4) is 16.3 Å². The molecule has 10 heteroatoms. The Labute approximate surface area is 201 Å². The van der Waals surface area contributed by atoms with Crippen LogP contribution in [0.3, 0.4) is 0 Å². The van der Waals surface area contributed by atoms with Crippen LogP contribution in [-0.2, 0) is 6.42 Å². The van der Waals surface area contributed by atoms with Crippen molar-refractivity contribution in [1.82, 2.24) is 25.1 Å². The first-order valence-electron chi connectivity index (χ1n) is 10.7. The Morgan fingerprint density at radius 2 is 1.85 bits per heavy atom. The monoisotopic (exact) mass is 480 g/mol. The van der Waals surface area contributed by atoms with Crippen LogP contribution in [0.5, 0.6) is 5.75 Å². The van der Waals surface area contributed by atoms with Crippen molar-refractivity contribution in [2.45, 2.75) is 33.1 Å². The summed E-state index contributed by atoms with van der Waals surface area (Å²) in [4.78, 5) is 13.2. The van der Waals surface area contributed by atoms with E-state index >= 15 is 0 Å². The molecule has 0 aliphatic rings. The molecule has 170 valence electrons. The largest absolute Gasteiger partial charge is 0.494 e. The predicted molar refractivity (Wildman–Crippen MR) is 134 cm³/mol. The Morgan fingerprint density at radius 3 is 2.55 bits per heavy atom. The molecule has 0 unspecified atom stereocenters. The molecule has 1 amide bonds. The summed E-state index contributed by atoms with van der Waals surface area (Å²) in [5, 5.41) is 19.7. The van der Waals surface area contributed by atoms with Crippen LogP contribution in [0.15, 0.2) is 48.5 Å². The molecule has 0 spiro atoms. The van der Waals surface area contributed by atoms with Gasteiger partial charge in [0.1, 0.15) is 10.8 Å². The van der Waals surface area contributed by atoms with Crippen LogP contribution in [0.2, 0.25) is 0 Å². The quantitative estimate of drug-likeness (QED) is 0.278. The van der Waals surface area contributed by atoms with Gasteiger partial charge >= 0.3 is 0 Å². The van der Waals surface area contributed by atoms with Gasteiger partial charge in [-0.3, -0.25) is 10.1 Å². The number of amides is 1. The lowest BCUT2D eigenvalue weighted by molar-refractivity contribution is 0.0977. The molecular weight excluding hydrogens is 456 g/mol. The summed E-state index contributed by atoms with van der Waals surface area (Å²) in [5.74, 6) is 1.30. The van der Waals surface area contributed by atoms with Crippen LogP contribution in [0, 0.1) is 0 Å². The molecule has 2 aromatic heterocycles. The smallest absolute Gasteiger partial charge is 0.257 e. The van der Waals surface area contributed by atoms with Gasteiger partial charge in [0.05, 0.1) is 6.61 Å². The fourth-order valence-electron chi connectivity index (χ4n) is 3.07. The van der Waals surface area contributed by atoms with Gasteiger partial charge in [-0.05, 0) is 67.2 Å². The number of carbonyl (C=O) groups is 1. The van der Waals surface area contributed by atoms with Crippen molar-refractivity contribution >= 4 is 45.2 Å². The van der Waals surface area contributed by atoms with Gasteiger partial charge in [0, 0.05) is 23.2 Å². The number of thiocarbonyl (C=S) groups is 1. The lowest BCUT2D eigenvalue weighted by atomic mass is 10.2. The van der Waals surface area contributed by atoms with E-state index in [1.54, 1.807) is 28.8 Å². The number of unbranched alkanes of at least 4 members (excludes halogenated alkanes) is 1. The minimum Gasteiger partial charge on any atom is -0.494 e. The van der Waals surface area contributed by atoms with E-state index in [0.717, 1.165) is 52.1 Å². The number of aryl methyl sites for hydroxylation is 1. The molecule has 0 aliphatic heterocycles.